The van der Waals surface area contributed by atoms with Gasteiger partial charge in [0.25, 0.3) is 0 Å². The lowest BCUT2D eigenvalue weighted by molar-refractivity contribution is -0.137. The van der Waals surface area contributed by atoms with E-state index in [1.165, 1.54) is 12.3 Å². The van der Waals surface area contributed by atoms with E-state index in [9.17, 15) is 13.2 Å². The van der Waals surface area contributed by atoms with Crippen LogP contribution in [0.25, 0.3) is 0 Å². The predicted molar refractivity (Wildman–Crippen MR) is 55.3 cm³/mol. The average Bonchev–Trinajstić information content (AvgIpc) is 2.28. The van der Waals surface area contributed by atoms with Crippen LogP contribution in [0, 0.1) is 0 Å². The molecular formula is C11H13F3N2. The largest absolute Gasteiger partial charge is 0.419 e. The van der Waals surface area contributed by atoms with Gasteiger partial charge in [-0.3, -0.25) is 0 Å². The fourth-order valence-electron chi connectivity index (χ4n) is 1.83. The van der Waals surface area contributed by atoms with Gasteiger partial charge in [0, 0.05) is 20.7 Å². The molecular weight excluding hydrogens is 217 g/mol. The van der Waals surface area contributed by atoms with Crippen molar-refractivity contribution in [2.24, 2.45) is 0 Å². The van der Waals surface area contributed by atoms with Gasteiger partial charge in [-0.2, -0.15) is 13.2 Å². The van der Waals surface area contributed by atoms with E-state index in [4.69, 9.17) is 1.37 Å². The zero-order valence-electron chi connectivity index (χ0n) is 9.67. The Bertz CT molecular complexity index is 395. The number of rotatable bonds is 1. The van der Waals surface area contributed by atoms with Gasteiger partial charge in [-0.05, 0) is 31.4 Å². The molecule has 2 nitrogen and oxygen atoms in total. The highest BCUT2D eigenvalue weighted by molar-refractivity contribution is 5.48. The van der Waals surface area contributed by atoms with Crippen molar-refractivity contribution in [2.45, 2.75) is 25.4 Å². The SMILES string of the molecule is [2H][C@@H]1CCCN(c2ncccc2C(F)(F)F)C1. The van der Waals surface area contributed by atoms with Crippen molar-refractivity contribution in [3.8, 4) is 0 Å². The third kappa shape index (κ3) is 2.28. The van der Waals surface area contributed by atoms with Gasteiger partial charge < -0.3 is 4.90 Å². The topological polar surface area (TPSA) is 16.1 Å². The second-order valence-electron chi connectivity index (χ2n) is 3.75. The minimum atomic E-state index is -4.39. The first kappa shape index (κ1) is 9.93. The maximum atomic E-state index is 12.8. The molecule has 0 aliphatic carbocycles. The Morgan fingerprint density at radius 3 is 2.81 bits per heavy atom. The second-order valence-corrected chi connectivity index (χ2v) is 3.75. The third-order valence-corrected chi connectivity index (χ3v) is 2.58. The maximum absolute atomic E-state index is 12.8. The first-order chi connectivity index (χ1) is 7.98. The van der Waals surface area contributed by atoms with Crippen molar-refractivity contribution >= 4 is 5.82 Å². The summed E-state index contributed by atoms with van der Waals surface area (Å²) in [4.78, 5) is 5.39. The fourth-order valence-corrected chi connectivity index (χ4v) is 1.83. The highest BCUT2D eigenvalue weighted by Crippen LogP contribution is 2.35. The van der Waals surface area contributed by atoms with Gasteiger partial charge in [0.05, 0.1) is 5.56 Å². The Morgan fingerprint density at radius 1 is 1.31 bits per heavy atom. The second kappa shape index (κ2) is 4.31. The molecule has 1 atom stereocenters. The molecule has 5 heteroatoms. The van der Waals surface area contributed by atoms with Gasteiger partial charge in [0.15, 0.2) is 0 Å². The molecule has 1 aromatic rings. The van der Waals surface area contributed by atoms with Crippen LogP contribution in [-0.2, 0) is 6.18 Å². The summed E-state index contributed by atoms with van der Waals surface area (Å²) in [5.74, 6) is -0.0445. The molecule has 1 aromatic heterocycles. The molecule has 2 heterocycles. The molecule has 88 valence electrons. The lowest BCUT2D eigenvalue weighted by Crippen LogP contribution is -2.32. The van der Waals surface area contributed by atoms with E-state index in [1.54, 1.807) is 4.90 Å². The summed E-state index contributed by atoms with van der Waals surface area (Å²) in [5, 5.41) is 0. The monoisotopic (exact) mass is 231 g/mol. The molecule has 1 fully saturated rings. The minimum Gasteiger partial charge on any atom is -0.356 e. The van der Waals surface area contributed by atoms with Crippen LogP contribution in [0.5, 0.6) is 0 Å². The normalized spacial score (nSPS) is 23.1. The van der Waals surface area contributed by atoms with Crippen LogP contribution in [0.2, 0.25) is 0 Å². The number of piperidine rings is 1. The summed E-state index contributed by atoms with van der Waals surface area (Å²) in [6.07, 6.45) is -1.88. The van der Waals surface area contributed by atoms with Gasteiger partial charge in [-0.25, -0.2) is 4.98 Å². The number of alkyl halides is 3. The number of aromatic nitrogens is 1. The van der Waals surface area contributed by atoms with Gasteiger partial charge >= 0.3 is 6.18 Å². The molecule has 0 N–H and O–H groups in total. The number of halogens is 3. The lowest BCUT2D eigenvalue weighted by Gasteiger charge is -2.29. The number of hydrogen-bond acceptors (Lipinski definition) is 2. The van der Waals surface area contributed by atoms with Crippen LogP contribution in [0.15, 0.2) is 18.3 Å². The predicted octanol–water partition coefficient (Wildman–Crippen LogP) is 3.09. The van der Waals surface area contributed by atoms with E-state index < -0.39 is 11.7 Å². The number of hydrogen-bond donors (Lipinski definition) is 0. The molecule has 0 bridgehead atoms. The molecule has 16 heavy (non-hydrogen) atoms. The number of pyridine rings is 1. The zero-order chi connectivity index (χ0) is 12.5. The smallest absolute Gasteiger partial charge is 0.356 e. The van der Waals surface area contributed by atoms with E-state index in [-0.39, 0.29) is 12.2 Å². The molecule has 0 amide bonds. The van der Waals surface area contributed by atoms with Crippen LogP contribution in [-0.4, -0.2) is 18.1 Å². The molecule has 0 spiro atoms. The van der Waals surface area contributed by atoms with E-state index in [0.29, 0.717) is 13.1 Å². The molecule has 1 saturated heterocycles. The van der Waals surface area contributed by atoms with Crippen molar-refractivity contribution in [3.63, 3.8) is 0 Å². The van der Waals surface area contributed by atoms with E-state index in [0.717, 1.165) is 18.9 Å². The fraction of sp³-hybridized carbons (Fsp3) is 0.545. The number of nitrogens with zero attached hydrogens (tertiary/aromatic N) is 2. The number of anilines is 1. The van der Waals surface area contributed by atoms with Crippen molar-refractivity contribution in [1.29, 1.82) is 0 Å². The Hall–Kier alpha value is -1.26. The summed E-state index contributed by atoms with van der Waals surface area (Å²) in [5.41, 5.74) is -0.714. The summed E-state index contributed by atoms with van der Waals surface area (Å²) in [6.45, 7) is 0.857. The molecule has 0 radical (unpaired) electrons. The quantitative estimate of drug-likeness (QED) is 0.738. The third-order valence-electron chi connectivity index (χ3n) is 2.58. The Labute approximate surface area is 93.5 Å². The van der Waals surface area contributed by atoms with Crippen molar-refractivity contribution in [2.75, 3.05) is 18.0 Å². The van der Waals surface area contributed by atoms with Crippen LogP contribution >= 0.6 is 0 Å². The van der Waals surface area contributed by atoms with E-state index in [1.807, 2.05) is 0 Å². The zero-order valence-corrected chi connectivity index (χ0v) is 8.67. The minimum absolute atomic E-state index is 0.0445. The Kier molecular flexibility index (Phi) is 2.68. The van der Waals surface area contributed by atoms with Gasteiger partial charge in [-0.1, -0.05) is 0 Å². The summed E-state index contributed by atoms with van der Waals surface area (Å²) in [6, 6.07) is 2.32. The van der Waals surface area contributed by atoms with Crippen LogP contribution in [0.4, 0.5) is 19.0 Å². The Balaban J connectivity index is 2.31. The first-order valence-electron chi connectivity index (χ1n) is 5.75. The molecule has 1 aliphatic rings. The molecule has 2 rings (SSSR count). The molecule has 0 saturated carbocycles. The lowest BCUT2D eigenvalue weighted by atomic mass is 10.1. The van der Waals surface area contributed by atoms with Crippen molar-refractivity contribution in [3.05, 3.63) is 23.9 Å². The highest BCUT2D eigenvalue weighted by atomic mass is 19.4. The molecule has 0 unspecified atom stereocenters. The summed E-state index contributed by atoms with van der Waals surface area (Å²) in [7, 11) is 0. The Morgan fingerprint density at radius 2 is 2.12 bits per heavy atom. The standard InChI is InChI=1S/C11H13F3N2/c12-11(13,14)9-5-4-6-15-10(9)16-7-2-1-3-8-16/h4-6H,1-3,7-8H2/i2D/t2-/m1/s1. The first-order valence-corrected chi connectivity index (χ1v) is 5.18. The van der Waals surface area contributed by atoms with Gasteiger partial charge in [0.1, 0.15) is 5.82 Å². The van der Waals surface area contributed by atoms with Crippen LogP contribution in [0.1, 0.15) is 26.2 Å². The van der Waals surface area contributed by atoms with Gasteiger partial charge in [-0.15, -0.1) is 0 Å². The van der Waals surface area contributed by atoms with E-state index >= 15 is 0 Å². The maximum Gasteiger partial charge on any atom is 0.419 e. The average molecular weight is 231 g/mol. The summed E-state index contributed by atoms with van der Waals surface area (Å²) >= 11 is 0. The van der Waals surface area contributed by atoms with Crippen LogP contribution < -0.4 is 4.90 Å². The van der Waals surface area contributed by atoms with Crippen molar-refractivity contribution in [1.82, 2.24) is 4.98 Å². The van der Waals surface area contributed by atoms with E-state index in [2.05, 4.69) is 4.98 Å². The summed E-state index contributed by atoms with van der Waals surface area (Å²) < 4.78 is 46.0. The highest BCUT2D eigenvalue weighted by Gasteiger charge is 2.35. The van der Waals surface area contributed by atoms with Gasteiger partial charge in [0.2, 0.25) is 0 Å². The molecule has 0 aromatic carbocycles. The molecule has 1 aliphatic heterocycles. The van der Waals surface area contributed by atoms with Crippen LogP contribution in [0.3, 0.4) is 0 Å². The van der Waals surface area contributed by atoms with Crippen molar-refractivity contribution < 1.29 is 14.5 Å².